The van der Waals surface area contributed by atoms with Crippen LogP contribution in [0.25, 0.3) is 11.1 Å². The summed E-state index contributed by atoms with van der Waals surface area (Å²) in [6.45, 7) is 2.11. The largest absolute Gasteiger partial charge is 0.440 e. The third-order valence-electron chi connectivity index (χ3n) is 2.78. The molecule has 0 aliphatic carbocycles. The lowest BCUT2D eigenvalue weighted by Gasteiger charge is -2.14. The van der Waals surface area contributed by atoms with Gasteiger partial charge in [0.15, 0.2) is 11.5 Å². The minimum Gasteiger partial charge on any atom is -0.440 e. The summed E-state index contributed by atoms with van der Waals surface area (Å²) < 4.78 is 32.4. The first-order chi connectivity index (χ1) is 8.90. The van der Waals surface area contributed by atoms with Gasteiger partial charge in [-0.2, -0.15) is 12.7 Å². The molecule has 19 heavy (non-hydrogen) atoms. The van der Waals surface area contributed by atoms with Crippen LogP contribution < -0.4 is 4.72 Å². The summed E-state index contributed by atoms with van der Waals surface area (Å²) in [5, 5.41) is 0. The van der Waals surface area contributed by atoms with E-state index in [2.05, 4.69) is 9.71 Å². The Balaban J connectivity index is 2.10. The van der Waals surface area contributed by atoms with Crippen LogP contribution in [0.1, 0.15) is 18.7 Å². The highest BCUT2D eigenvalue weighted by Gasteiger charge is 2.18. The first kappa shape index (κ1) is 14.0. The van der Waals surface area contributed by atoms with Crippen LogP contribution in [-0.4, -0.2) is 38.3 Å². The van der Waals surface area contributed by atoms with Gasteiger partial charge in [0.25, 0.3) is 10.2 Å². The van der Waals surface area contributed by atoms with E-state index in [-0.39, 0.29) is 12.5 Å². The van der Waals surface area contributed by atoms with Crippen molar-refractivity contribution in [3.63, 3.8) is 0 Å². The number of para-hydroxylation sites is 2. The van der Waals surface area contributed by atoms with E-state index < -0.39 is 10.2 Å². The zero-order valence-corrected chi connectivity index (χ0v) is 11.9. The lowest BCUT2D eigenvalue weighted by molar-refractivity contribution is 0.468. The first-order valence-electron chi connectivity index (χ1n) is 5.93. The molecule has 0 fully saturated rings. The van der Waals surface area contributed by atoms with Gasteiger partial charge < -0.3 is 4.42 Å². The monoisotopic (exact) mass is 283 g/mol. The van der Waals surface area contributed by atoms with Gasteiger partial charge in [-0.25, -0.2) is 9.71 Å². The molecule has 0 bridgehead atoms. The molecule has 1 atom stereocenters. The molecule has 0 saturated carbocycles. The Morgan fingerprint density at radius 2 is 2.05 bits per heavy atom. The van der Waals surface area contributed by atoms with Gasteiger partial charge in [-0.3, -0.25) is 0 Å². The van der Waals surface area contributed by atoms with Crippen molar-refractivity contribution < 1.29 is 12.8 Å². The third-order valence-corrected chi connectivity index (χ3v) is 4.28. The molecule has 6 nitrogen and oxygen atoms in total. The molecular weight excluding hydrogens is 266 g/mol. The van der Waals surface area contributed by atoms with E-state index in [1.807, 2.05) is 31.2 Å². The molecule has 0 aliphatic heterocycles. The van der Waals surface area contributed by atoms with Crippen LogP contribution in [0.2, 0.25) is 0 Å². The molecule has 104 valence electrons. The molecular formula is C12H17N3O3S. The van der Waals surface area contributed by atoms with Crippen molar-refractivity contribution in [2.75, 3.05) is 20.6 Å². The maximum Gasteiger partial charge on any atom is 0.278 e. The van der Waals surface area contributed by atoms with Gasteiger partial charge in [-0.1, -0.05) is 19.1 Å². The Kier molecular flexibility index (Phi) is 3.88. The number of aromatic nitrogens is 1. The van der Waals surface area contributed by atoms with Gasteiger partial charge >= 0.3 is 0 Å². The molecule has 0 amide bonds. The molecule has 2 aromatic rings. The predicted molar refractivity (Wildman–Crippen MR) is 73.0 cm³/mol. The summed E-state index contributed by atoms with van der Waals surface area (Å²) in [4.78, 5) is 4.34. The highest BCUT2D eigenvalue weighted by Crippen LogP contribution is 2.20. The van der Waals surface area contributed by atoms with E-state index in [9.17, 15) is 8.42 Å². The lowest BCUT2D eigenvalue weighted by atomic mass is 10.2. The fourth-order valence-electron chi connectivity index (χ4n) is 1.55. The third kappa shape index (κ3) is 3.12. The van der Waals surface area contributed by atoms with Gasteiger partial charge in [-0.15, -0.1) is 0 Å². The topological polar surface area (TPSA) is 75.4 Å². The Bertz CT molecular complexity index is 631. The molecule has 1 aromatic heterocycles. The van der Waals surface area contributed by atoms with Gasteiger partial charge in [0.2, 0.25) is 0 Å². The van der Waals surface area contributed by atoms with E-state index >= 15 is 0 Å². The highest BCUT2D eigenvalue weighted by molar-refractivity contribution is 7.87. The quantitative estimate of drug-likeness (QED) is 0.898. The van der Waals surface area contributed by atoms with Crippen molar-refractivity contribution in [3.8, 4) is 0 Å². The van der Waals surface area contributed by atoms with Gasteiger partial charge in [0, 0.05) is 26.6 Å². The van der Waals surface area contributed by atoms with Crippen molar-refractivity contribution >= 4 is 21.3 Å². The average Bonchev–Trinajstić information content (AvgIpc) is 2.79. The van der Waals surface area contributed by atoms with Crippen LogP contribution in [0.5, 0.6) is 0 Å². The van der Waals surface area contributed by atoms with E-state index in [1.54, 1.807) is 0 Å². The van der Waals surface area contributed by atoms with Crippen LogP contribution in [0.3, 0.4) is 0 Å². The maximum absolute atomic E-state index is 11.6. The second-order valence-electron chi connectivity index (χ2n) is 4.56. The number of nitrogens with one attached hydrogen (secondary N) is 1. The number of oxazole rings is 1. The number of fused-ring (bicyclic) bond motifs is 1. The molecule has 0 unspecified atom stereocenters. The standard InChI is InChI=1S/C12H17N3O3S/c1-9(8-13-19(16,17)15(2)3)12-14-10-6-4-5-7-11(10)18-12/h4-7,9,13H,8H2,1-3H3/t9-/m0/s1. The molecule has 2 rings (SSSR count). The number of hydrogen-bond donors (Lipinski definition) is 1. The minimum atomic E-state index is -3.42. The lowest BCUT2D eigenvalue weighted by Crippen LogP contribution is -2.37. The summed E-state index contributed by atoms with van der Waals surface area (Å²) in [5.74, 6) is 0.393. The van der Waals surface area contributed by atoms with Gasteiger partial charge in [0.1, 0.15) is 5.52 Å². The normalized spacial score (nSPS) is 14.1. The Labute approximate surface area is 112 Å². The average molecular weight is 283 g/mol. The van der Waals surface area contributed by atoms with E-state index in [4.69, 9.17) is 4.42 Å². The van der Waals surface area contributed by atoms with Crippen LogP contribution in [0.4, 0.5) is 0 Å². The van der Waals surface area contributed by atoms with E-state index in [0.717, 1.165) is 9.82 Å². The molecule has 1 heterocycles. The molecule has 0 radical (unpaired) electrons. The number of benzene rings is 1. The van der Waals surface area contributed by atoms with Crippen molar-refractivity contribution in [2.45, 2.75) is 12.8 Å². The Hall–Kier alpha value is -1.44. The summed E-state index contributed by atoms with van der Waals surface area (Å²) in [6, 6.07) is 7.45. The zero-order valence-electron chi connectivity index (χ0n) is 11.1. The molecule has 1 N–H and O–H groups in total. The number of nitrogens with zero attached hydrogens (tertiary/aromatic N) is 2. The smallest absolute Gasteiger partial charge is 0.278 e. The fourth-order valence-corrected chi connectivity index (χ4v) is 2.27. The fraction of sp³-hybridized carbons (Fsp3) is 0.417. The van der Waals surface area contributed by atoms with Crippen molar-refractivity contribution in [2.24, 2.45) is 0 Å². The zero-order chi connectivity index (χ0) is 14.0. The van der Waals surface area contributed by atoms with Crippen molar-refractivity contribution in [1.82, 2.24) is 14.0 Å². The molecule has 0 spiro atoms. The summed E-state index contributed by atoms with van der Waals surface area (Å²) in [6.07, 6.45) is 0. The predicted octanol–water partition coefficient (Wildman–Crippen LogP) is 1.33. The summed E-state index contributed by atoms with van der Waals surface area (Å²) in [7, 11) is -0.460. The Morgan fingerprint density at radius 1 is 1.37 bits per heavy atom. The summed E-state index contributed by atoms with van der Waals surface area (Å²) >= 11 is 0. The summed E-state index contributed by atoms with van der Waals surface area (Å²) in [5.41, 5.74) is 1.49. The first-order valence-corrected chi connectivity index (χ1v) is 7.37. The second-order valence-corrected chi connectivity index (χ2v) is 6.53. The van der Waals surface area contributed by atoms with Crippen LogP contribution in [0, 0.1) is 0 Å². The Morgan fingerprint density at radius 3 is 2.68 bits per heavy atom. The second kappa shape index (κ2) is 5.28. The minimum absolute atomic E-state index is 0.137. The van der Waals surface area contributed by atoms with Crippen molar-refractivity contribution in [1.29, 1.82) is 0 Å². The van der Waals surface area contributed by atoms with Gasteiger partial charge in [-0.05, 0) is 12.1 Å². The molecule has 7 heteroatoms. The SMILES string of the molecule is C[C@@H](CNS(=O)(=O)N(C)C)c1nc2ccccc2o1. The molecule has 0 aliphatic rings. The van der Waals surface area contributed by atoms with Crippen LogP contribution >= 0.6 is 0 Å². The molecule has 0 saturated heterocycles. The van der Waals surface area contributed by atoms with E-state index in [1.165, 1.54) is 14.1 Å². The number of hydrogen-bond acceptors (Lipinski definition) is 4. The van der Waals surface area contributed by atoms with E-state index in [0.29, 0.717) is 11.5 Å². The maximum atomic E-state index is 11.6. The number of rotatable bonds is 5. The molecule has 1 aromatic carbocycles. The van der Waals surface area contributed by atoms with Crippen LogP contribution in [-0.2, 0) is 10.2 Å². The van der Waals surface area contributed by atoms with Gasteiger partial charge in [0.05, 0.1) is 0 Å². The highest BCUT2D eigenvalue weighted by atomic mass is 32.2. The van der Waals surface area contributed by atoms with Crippen molar-refractivity contribution in [3.05, 3.63) is 30.2 Å². The van der Waals surface area contributed by atoms with Crippen LogP contribution in [0.15, 0.2) is 28.7 Å².